The summed E-state index contributed by atoms with van der Waals surface area (Å²) in [5.74, 6) is 0.629. The largest absolute Gasteiger partial charge is 0.477 e. The third-order valence-corrected chi connectivity index (χ3v) is 1.41. The molecule has 0 atom stereocenters. The Morgan fingerprint density at radius 3 is 2.43 bits per heavy atom. The highest BCUT2D eigenvalue weighted by molar-refractivity contribution is 5.85. The lowest BCUT2D eigenvalue weighted by atomic mass is 9.99. The first-order chi connectivity index (χ1) is 5.97. The van der Waals surface area contributed by atoms with Gasteiger partial charge in [0.2, 0.25) is 5.88 Å². The third kappa shape index (κ3) is 4.92. The Kier molecular flexibility index (Phi) is 4.71. The Labute approximate surface area is 91.1 Å². The van der Waals surface area contributed by atoms with Crippen LogP contribution in [0.25, 0.3) is 0 Å². The number of nitrogens with two attached hydrogens (primary N) is 1. The van der Waals surface area contributed by atoms with E-state index < -0.39 is 0 Å². The van der Waals surface area contributed by atoms with Crippen LogP contribution >= 0.6 is 12.4 Å². The molecule has 1 heterocycles. The molecule has 0 aliphatic rings. The number of anilines is 1. The number of nitrogens with zero attached hydrogens (tertiary/aromatic N) is 1. The highest BCUT2D eigenvalue weighted by Crippen LogP contribution is 2.16. The number of hydrogen-bond donors (Lipinski definition) is 1. The molecule has 1 aromatic rings. The quantitative estimate of drug-likeness (QED) is 0.827. The van der Waals surface area contributed by atoms with Crippen LogP contribution in [0.2, 0.25) is 0 Å². The van der Waals surface area contributed by atoms with Crippen molar-refractivity contribution in [3.05, 3.63) is 18.3 Å². The smallest absolute Gasteiger partial charge is 0.213 e. The molecule has 3 nitrogen and oxygen atoms in total. The van der Waals surface area contributed by atoms with Crippen molar-refractivity contribution in [1.82, 2.24) is 4.98 Å². The van der Waals surface area contributed by atoms with Gasteiger partial charge in [0.25, 0.3) is 0 Å². The summed E-state index contributed by atoms with van der Waals surface area (Å²) in [6.07, 6.45) is 1.60. The molecule has 0 spiro atoms. The molecule has 0 aromatic carbocycles. The van der Waals surface area contributed by atoms with E-state index in [1.807, 2.05) is 0 Å². The van der Waals surface area contributed by atoms with Crippen LogP contribution in [-0.2, 0) is 0 Å². The van der Waals surface area contributed by atoms with Crippen molar-refractivity contribution in [3.63, 3.8) is 0 Å². The molecule has 0 aliphatic heterocycles. The molecule has 1 aromatic heterocycles. The van der Waals surface area contributed by atoms with Crippen LogP contribution in [0, 0.1) is 5.41 Å². The van der Waals surface area contributed by atoms with E-state index in [2.05, 4.69) is 25.8 Å². The minimum Gasteiger partial charge on any atom is -0.477 e. The molecule has 0 aliphatic carbocycles. The van der Waals surface area contributed by atoms with Crippen LogP contribution in [-0.4, -0.2) is 11.6 Å². The Morgan fingerprint density at radius 1 is 1.36 bits per heavy atom. The topological polar surface area (TPSA) is 48.1 Å². The van der Waals surface area contributed by atoms with Crippen LogP contribution in [0.5, 0.6) is 5.88 Å². The fraction of sp³-hybridized carbons (Fsp3) is 0.500. The molecule has 0 saturated carbocycles. The van der Waals surface area contributed by atoms with Gasteiger partial charge in [-0.25, -0.2) is 4.98 Å². The molecule has 0 bridgehead atoms. The van der Waals surface area contributed by atoms with E-state index in [9.17, 15) is 0 Å². The average Bonchev–Trinajstić information content (AvgIpc) is 2.02. The SMILES string of the molecule is CC(C)(C)COc1ccc(N)cn1.Cl. The predicted octanol–water partition coefficient (Wildman–Crippen LogP) is 2.51. The number of rotatable bonds is 2. The number of nitrogen functional groups attached to an aromatic ring is 1. The summed E-state index contributed by atoms with van der Waals surface area (Å²) >= 11 is 0. The van der Waals surface area contributed by atoms with Gasteiger partial charge in [0.1, 0.15) is 0 Å². The number of ether oxygens (including phenoxy) is 1. The molecule has 0 unspecified atom stereocenters. The minimum absolute atomic E-state index is 0. The van der Waals surface area contributed by atoms with E-state index in [0.29, 0.717) is 18.2 Å². The summed E-state index contributed by atoms with van der Waals surface area (Å²) in [5, 5.41) is 0. The predicted molar refractivity (Wildman–Crippen MR) is 60.8 cm³/mol. The van der Waals surface area contributed by atoms with Crippen molar-refractivity contribution >= 4 is 18.1 Å². The van der Waals surface area contributed by atoms with E-state index in [0.717, 1.165) is 0 Å². The maximum atomic E-state index is 5.49. The summed E-state index contributed by atoms with van der Waals surface area (Å²) in [4.78, 5) is 4.03. The van der Waals surface area contributed by atoms with E-state index in [1.165, 1.54) is 0 Å². The summed E-state index contributed by atoms with van der Waals surface area (Å²) in [6.45, 7) is 7.00. The number of aromatic nitrogens is 1. The maximum Gasteiger partial charge on any atom is 0.213 e. The van der Waals surface area contributed by atoms with Gasteiger partial charge in [0, 0.05) is 6.07 Å². The summed E-state index contributed by atoms with van der Waals surface area (Å²) in [5.41, 5.74) is 6.30. The van der Waals surface area contributed by atoms with E-state index in [-0.39, 0.29) is 17.8 Å². The maximum absolute atomic E-state index is 5.49. The van der Waals surface area contributed by atoms with Gasteiger partial charge in [-0.2, -0.15) is 0 Å². The van der Waals surface area contributed by atoms with Crippen molar-refractivity contribution in [1.29, 1.82) is 0 Å². The molecule has 14 heavy (non-hydrogen) atoms. The lowest BCUT2D eigenvalue weighted by Crippen LogP contribution is -2.17. The monoisotopic (exact) mass is 216 g/mol. The van der Waals surface area contributed by atoms with Gasteiger partial charge in [-0.1, -0.05) is 20.8 Å². The van der Waals surface area contributed by atoms with Gasteiger partial charge in [-0.05, 0) is 11.5 Å². The van der Waals surface area contributed by atoms with Gasteiger partial charge in [0.05, 0.1) is 18.5 Å². The van der Waals surface area contributed by atoms with Crippen molar-refractivity contribution in [3.8, 4) is 5.88 Å². The van der Waals surface area contributed by atoms with E-state index in [1.54, 1.807) is 18.3 Å². The molecular formula is C10H17ClN2O. The Balaban J connectivity index is 0.00000169. The molecule has 2 N–H and O–H groups in total. The van der Waals surface area contributed by atoms with Crippen LogP contribution in [0.1, 0.15) is 20.8 Å². The lowest BCUT2D eigenvalue weighted by molar-refractivity contribution is 0.191. The fourth-order valence-corrected chi connectivity index (χ4v) is 0.768. The Bertz CT molecular complexity index is 266. The van der Waals surface area contributed by atoms with Gasteiger partial charge in [0.15, 0.2) is 0 Å². The molecule has 80 valence electrons. The normalized spacial score (nSPS) is 10.5. The van der Waals surface area contributed by atoms with Crippen molar-refractivity contribution in [2.24, 2.45) is 5.41 Å². The summed E-state index contributed by atoms with van der Waals surface area (Å²) in [7, 11) is 0. The zero-order valence-corrected chi connectivity index (χ0v) is 9.60. The van der Waals surface area contributed by atoms with Crippen LogP contribution in [0.15, 0.2) is 18.3 Å². The molecule has 0 saturated heterocycles. The molecule has 0 fully saturated rings. The van der Waals surface area contributed by atoms with Crippen LogP contribution in [0.3, 0.4) is 0 Å². The molecule has 0 amide bonds. The zero-order chi connectivity index (χ0) is 9.90. The number of pyridine rings is 1. The third-order valence-electron chi connectivity index (χ3n) is 1.41. The molecule has 4 heteroatoms. The van der Waals surface area contributed by atoms with Crippen LogP contribution < -0.4 is 10.5 Å². The molecule has 0 radical (unpaired) electrons. The first-order valence-electron chi connectivity index (χ1n) is 4.32. The summed E-state index contributed by atoms with van der Waals surface area (Å²) in [6, 6.07) is 3.56. The van der Waals surface area contributed by atoms with E-state index >= 15 is 0 Å². The number of hydrogen-bond acceptors (Lipinski definition) is 3. The Hall–Kier alpha value is -0.960. The van der Waals surface area contributed by atoms with Crippen molar-refractivity contribution in [2.75, 3.05) is 12.3 Å². The van der Waals surface area contributed by atoms with Gasteiger partial charge in [-0.3, -0.25) is 0 Å². The molecule has 1 rings (SSSR count). The second-order valence-electron chi connectivity index (χ2n) is 4.28. The standard InChI is InChI=1S/C10H16N2O.ClH/c1-10(2,3)7-13-9-5-4-8(11)6-12-9;/h4-6H,7,11H2,1-3H3;1H. The van der Waals surface area contributed by atoms with Gasteiger partial charge in [-0.15, -0.1) is 12.4 Å². The average molecular weight is 217 g/mol. The Morgan fingerprint density at radius 2 is 2.00 bits per heavy atom. The van der Waals surface area contributed by atoms with Gasteiger partial charge >= 0.3 is 0 Å². The first-order valence-corrected chi connectivity index (χ1v) is 4.32. The second-order valence-corrected chi connectivity index (χ2v) is 4.28. The second kappa shape index (κ2) is 5.05. The van der Waals surface area contributed by atoms with Crippen molar-refractivity contribution in [2.45, 2.75) is 20.8 Å². The van der Waals surface area contributed by atoms with Gasteiger partial charge < -0.3 is 10.5 Å². The highest BCUT2D eigenvalue weighted by Gasteiger charge is 2.11. The first kappa shape index (κ1) is 13.0. The van der Waals surface area contributed by atoms with E-state index in [4.69, 9.17) is 10.5 Å². The number of halogens is 1. The minimum atomic E-state index is 0. The zero-order valence-electron chi connectivity index (χ0n) is 8.78. The fourth-order valence-electron chi connectivity index (χ4n) is 0.768. The highest BCUT2D eigenvalue weighted by atomic mass is 35.5. The lowest BCUT2D eigenvalue weighted by Gasteiger charge is -2.18. The van der Waals surface area contributed by atoms with Crippen molar-refractivity contribution < 1.29 is 4.74 Å². The molecular weight excluding hydrogens is 200 g/mol. The summed E-state index contributed by atoms with van der Waals surface area (Å²) < 4.78 is 5.46. The van der Waals surface area contributed by atoms with Crippen LogP contribution in [0.4, 0.5) is 5.69 Å².